The standard InChI is InChI=1S/C21H21NO4/c1-14(16-6-8-18(25-2)9-7-16)22-13-15-4-3-5-17(12-15)19-10-11-20(26-19)21(23)24/h3-12,14,22H,13H2,1-2H3,(H,23,24)/t14-/m1/s1. The van der Waals surface area contributed by atoms with E-state index in [1.54, 1.807) is 13.2 Å². The molecule has 0 saturated heterocycles. The highest BCUT2D eigenvalue weighted by atomic mass is 16.5. The summed E-state index contributed by atoms with van der Waals surface area (Å²) in [7, 11) is 1.65. The van der Waals surface area contributed by atoms with Gasteiger partial charge in [-0.2, -0.15) is 0 Å². The van der Waals surface area contributed by atoms with E-state index in [-0.39, 0.29) is 11.8 Å². The number of carboxylic acid groups (broad SMARTS) is 1. The lowest BCUT2D eigenvalue weighted by Gasteiger charge is -2.15. The van der Waals surface area contributed by atoms with Crippen LogP contribution < -0.4 is 10.1 Å². The average molecular weight is 351 g/mol. The van der Waals surface area contributed by atoms with Crippen LogP contribution >= 0.6 is 0 Å². The first kappa shape index (κ1) is 17.8. The van der Waals surface area contributed by atoms with Crippen molar-refractivity contribution in [3.63, 3.8) is 0 Å². The fraction of sp³-hybridized carbons (Fsp3) is 0.190. The Morgan fingerprint density at radius 1 is 1.15 bits per heavy atom. The van der Waals surface area contributed by atoms with Gasteiger partial charge in [-0.1, -0.05) is 30.3 Å². The number of aromatic carboxylic acids is 1. The van der Waals surface area contributed by atoms with Gasteiger partial charge in [0, 0.05) is 18.2 Å². The molecule has 0 aliphatic rings. The number of hydrogen-bond acceptors (Lipinski definition) is 4. The third-order valence-electron chi connectivity index (χ3n) is 4.26. The molecule has 5 nitrogen and oxygen atoms in total. The van der Waals surface area contributed by atoms with Crippen LogP contribution in [0.15, 0.2) is 65.1 Å². The van der Waals surface area contributed by atoms with E-state index in [9.17, 15) is 4.79 Å². The zero-order valence-electron chi connectivity index (χ0n) is 14.7. The fourth-order valence-corrected chi connectivity index (χ4v) is 2.72. The van der Waals surface area contributed by atoms with Crippen LogP contribution in [0.4, 0.5) is 0 Å². The molecular weight excluding hydrogens is 330 g/mol. The molecule has 26 heavy (non-hydrogen) atoms. The van der Waals surface area contributed by atoms with E-state index in [4.69, 9.17) is 14.3 Å². The molecule has 1 heterocycles. The van der Waals surface area contributed by atoms with Gasteiger partial charge in [0.2, 0.25) is 5.76 Å². The number of nitrogens with one attached hydrogen (secondary N) is 1. The van der Waals surface area contributed by atoms with Crippen LogP contribution in [0.3, 0.4) is 0 Å². The third-order valence-corrected chi connectivity index (χ3v) is 4.26. The molecule has 0 saturated carbocycles. The zero-order valence-corrected chi connectivity index (χ0v) is 14.7. The summed E-state index contributed by atoms with van der Waals surface area (Å²) in [6.07, 6.45) is 0. The van der Waals surface area contributed by atoms with Gasteiger partial charge in [0.15, 0.2) is 0 Å². The van der Waals surface area contributed by atoms with Crippen molar-refractivity contribution in [1.29, 1.82) is 0 Å². The minimum atomic E-state index is -1.07. The Bertz CT molecular complexity index is 883. The molecule has 0 aliphatic heterocycles. The van der Waals surface area contributed by atoms with E-state index in [2.05, 4.69) is 12.2 Å². The van der Waals surface area contributed by atoms with Gasteiger partial charge in [-0.3, -0.25) is 0 Å². The van der Waals surface area contributed by atoms with Gasteiger partial charge in [-0.25, -0.2) is 4.79 Å². The molecule has 0 bridgehead atoms. The number of hydrogen-bond donors (Lipinski definition) is 2. The maximum atomic E-state index is 11.0. The molecule has 3 rings (SSSR count). The van der Waals surface area contributed by atoms with E-state index in [0.29, 0.717) is 12.3 Å². The van der Waals surface area contributed by atoms with Crippen LogP contribution in [0, 0.1) is 0 Å². The SMILES string of the molecule is COc1ccc([C@@H](C)NCc2cccc(-c3ccc(C(=O)O)o3)c2)cc1. The van der Waals surface area contributed by atoms with Crippen LogP contribution in [0.1, 0.15) is 34.6 Å². The van der Waals surface area contributed by atoms with Crippen molar-refractivity contribution in [2.75, 3.05) is 7.11 Å². The van der Waals surface area contributed by atoms with E-state index >= 15 is 0 Å². The average Bonchev–Trinajstić information content (AvgIpc) is 3.17. The quantitative estimate of drug-likeness (QED) is 0.655. The number of carboxylic acids is 1. The molecule has 0 radical (unpaired) electrons. The molecule has 1 aromatic heterocycles. The molecule has 134 valence electrons. The highest BCUT2D eigenvalue weighted by molar-refractivity contribution is 5.85. The number of methoxy groups -OCH3 is 1. The molecule has 0 spiro atoms. The Morgan fingerprint density at radius 3 is 2.58 bits per heavy atom. The lowest BCUT2D eigenvalue weighted by atomic mass is 10.1. The van der Waals surface area contributed by atoms with Crippen molar-refractivity contribution >= 4 is 5.97 Å². The van der Waals surface area contributed by atoms with E-state index < -0.39 is 5.97 Å². The molecule has 2 aromatic carbocycles. The second-order valence-electron chi connectivity index (χ2n) is 6.05. The molecule has 2 N–H and O–H groups in total. The van der Waals surface area contributed by atoms with Gasteiger partial charge in [0.05, 0.1) is 7.11 Å². The topological polar surface area (TPSA) is 71.7 Å². The van der Waals surface area contributed by atoms with Crippen LogP contribution in [-0.2, 0) is 6.54 Å². The fourth-order valence-electron chi connectivity index (χ4n) is 2.72. The van der Waals surface area contributed by atoms with Crippen molar-refractivity contribution in [3.05, 3.63) is 77.6 Å². The van der Waals surface area contributed by atoms with Crippen LogP contribution in [-0.4, -0.2) is 18.2 Å². The lowest BCUT2D eigenvalue weighted by molar-refractivity contribution is 0.0663. The number of rotatable bonds is 7. The summed E-state index contributed by atoms with van der Waals surface area (Å²) >= 11 is 0. The first-order valence-corrected chi connectivity index (χ1v) is 8.36. The second-order valence-corrected chi connectivity index (χ2v) is 6.05. The third kappa shape index (κ3) is 4.13. The van der Waals surface area contributed by atoms with Gasteiger partial charge in [-0.15, -0.1) is 0 Å². The Morgan fingerprint density at radius 2 is 1.92 bits per heavy atom. The molecule has 0 amide bonds. The molecule has 3 aromatic rings. The molecule has 0 aliphatic carbocycles. The van der Waals surface area contributed by atoms with Gasteiger partial charge < -0.3 is 19.6 Å². The maximum Gasteiger partial charge on any atom is 0.371 e. The highest BCUT2D eigenvalue weighted by Crippen LogP contribution is 2.24. The minimum absolute atomic E-state index is 0.0587. The van der Waals surface area contributed by atoms with E-state index in [1.165, 1.54) is 11.6 Å². The largest absolute Gasteiger partial charge is 0.497 e. The molecule has 0 unspecified atom stereocenters. The van der Waals surface area contributed by atoms with Crippen molar-refractivity contribution in [3.8, 4) is 17.1 Å². The van der Waals surface area contributed by atoms with Crippen LogP contribution in [0.25, 0.3) is 11.3 Å². The number of ether oxygens (including phenoxy) is 1. The van der Waals surface area contributed by atoms with Crippen LogP contribution in [0.2, 0.25) is 0 Å². The Balaban J connectivity index is 1.67. The van der Waals surface area contributed by atoms with Crippen molar-refractivity contribution < 1.29 is 19.1 Å². The van der Waals surface area contributed by atoms with E-state index in [1.807, 2.05) is 48.5 Å². The van der Waals surface area contributed by atoms with Gasteiger partial charge in [0.25, 0.3) is 0 Å². The smallest absolute Gasteiger partial charge is 0.371 e. The Labute approximate surface area is 152 Å². The minimum Gasteiger partial charge on any atom is -0.497 e. The van der Waals surface area contributed by atoms with E-state index in [0.717, 1.165) is 16.9 Å². The first-order valence-electron chi connectivity index (χ1n) is 8.36. The Kier molecular flexibility index (Phi) is 5.39. The first-order chi connectivity index (χ1) is 12.6. The van der Waals surface area contributed by atoms with Crippen molar-refractivity contribution in [1.82, 2.24) is 5.32 Å². The van der Waals surface area contributed by atoms with Crippen molar-refractivity contribution in [2.45, 2.75) is 19.5 Å². The molecule has 0 fully saturated rings. The normalized spacial score (nSPS) is 11.9. The number of carbonyl (C=O) groups is 1. The van der Waals surface area contributed by atoms with Crippen molar-refractivity contribution in [2.24, 2.45) is 0 Å². The molecule has 1 atom stereocenters. The summed E-state index contributed by atoms with van der Waals surface area (Å²) in [5, 5.41) is 12.5. The Hall–Kier alpha value is -3.05. The zero-order chi connectivity index (χ0) is 18.5. The summed E-state index contributed by atoms with van der Waals surface area (Å²) in [6, 6.07) is 19.2. The number of furan rings is 1. The van der Waals surface area contributed by atoms with Gasteiger partial charge in [0.1, 0.15) is 11.5 Å². The highest BCUT2D eigenvalue weighted by Gasteiger charge is 2.11. The summed E-state index contributed by atoms with van der Waals surface area (Å²) in [5.41, 5.74) is 3.13. The molecular formula is C21H21NO4. The van der Waals surface area contributed by atoms with Gasteiger partial charge >= 0.3 is 5.97 Å². The summed E-state index contributed by atoms with van der Waals surface area (Å²) in [5.74, 6) is 0.263. The monoisotopic (exact) mass is 351 g/mol. The van der Waals surface area contributed by atoms with Crippen LogP contribution in [0.5, 0.6) is 5.75 Å². The predicted octanol–water partition coefficient (Wildman–Crippen LogP) is 4.50. The summed E-state index contributed by atoms with van der Waals surface area (Å²) in [6.45, 7) is 2.80. The second kappa shape index (κ2) is 7.89. The summed E-state index contributed by atoms with van der Waals surface area (Å²) < 4.78 is 10.6. The summed E-state index contributed by atoms with van der Waals surface area (Å²) in [4.78, 5) is 11.0. The lowest BCUT2D eigenvalue weighted by Crippen LogP contribution is -2.18. The van der Waals surface area contributed by atoms with Gasteiger partial charge in [-0.05, 0) is 48.4 Å². The number of benzene rings is 2. The maximum absolute atomic E-state index is 11.0. The predicted molar refractivity (Wildman–Crippen MR) is 99.4 cm³/mol. The molecule has 5 heteroatoms.